The van der Waals surface area contributed by atoms with Gasteiger partial charge >= 0.3 is 0 Å². The maximum Gasteiger partial charge on any atom is 0.119 e. The molecule has 3 nitrogen and oxygen atoms in total. The quantitative estimate of drug-likeness (QED) is 0.802. The molecule has 0 aliphatic heterocycles. The van der Waals surface area contributed by atoms with E-state index in [0.717, 1.165) is 37.2 Å². The summed E-state index contributed by atoms with van der Waals surface area (Å²) >= 11 is 0. The highest BCUT2D eigenvalue weighted by atomic mass is 16.5. The van der Waals surface area contributed by atoms with E-state index in [0.29, 0.717) is 19.1 Å². The second-order valence-corrected chi connectivity index (χ2v) is 5.59. The predicted octanol–water partition coefficient (Wildman–Crippen LogP) is 3.11. The lowest BCUT2D eigenvalue weighted by Gasteiger charge is -2.22. The van der Waals surface area contributed by atoms with Crippen molar-refractivity contribution in [1.29, 1.82) is 0 Å². The maximum absolute atomic E-state index is 9.98. The van der Waals surface area contributed by atoms with Crippen LogP contribution in [-0.2, 0) is 11.2 Å². The van der Waals surface area contributed by atoms with Gasteiger partial charge in [0.1, 0.15) is 12.4 Å². The predicted molar refractivity (Wildman–Crippen MR) is 75.5 cm³/mol. The summed E-state index contributed by atoms with van der Waals surface area (Å²) in [5, 5.41) is 9.98. The van der Waals surface area contributed by atoms with Gasteiger partial charge in [-0.3, -0.25) is 0 Å². The largest absolute Gasteiger partial charge is 0.491 e. The number of rotatable bonds is 6. The van der Waals surface area contributed by atoms with Gasteiger partial charge in [-0.15, -0.1) is 0 Å². The Morgan fingerprint density at radius 1 is 1.32 bits per heavy atom. The SMILES string of the molecule is CC(C)COCCOc1ccc2c(c1)[C@H](O)CCC2. The van der Waals surface area contributed by atoms with E-state index in [1.807, 2.05) is 12.1 Å². The zero-order valence-corrected chi connectivity index (χ0v) is 11.9. The normalized spacial score (nSPS) is 18.4. The molecule has 0 bridgehead atoms. The van der Waals surface area contributed by atoms with Crippen molar-refractivity contribution in [2.75, 3.05) is 19.8 Å². The third-order valence-corrected chi connectivity index (χ3v) is 3.35. The number of aryl methyl sites for hydroxylation is 1. The smallest absolute Gasteiger partial charge is 0.119 e. The topological polar surface area (TPSA) is 38.7 Å². The van der Waals surface area contributed by atoms with Crippen LogP contribution in [0, 0.1) is 5.92 Å². The standard InChI is InChI=1S/C16H24O3/c1-12(2)11-18-8-9-19-14-7-6-13-4-3-5-16(17)15(13)10-14/h6-7,10,12,16-17H,3-5,8-9,11H2,1-2H3/t16-/m1/s1. The van der Waals surface area contributed by atoms with E-state index in [1.54, 1.807) is 0 Å². The minimum atomic E-state index is -0.329. The van der Waals surface area contributed by atoms with Crippen LogP contribution in [0.3, 0.4) is 0 Å². The first kappa shape index (κ1) is 14.4. The molecule has 19 heavy (non-hydrogen) atoms. The fourth-order valence-electron chi connectivity index (χ4n) is 2.38. The van der Waals surface area contributed by atoms with Crippen LogP contribution in [0.5, 0.6) is 5.75 Å². The number of hydrogen-bond donors (Lipinski definition) is 1. The van der Waals surface area contributed by atoms with Crippen molar-refractivity contribution in [1.82, 2.24) is 0 Å². The molecular weight excluding hydrogens is 240 g/mol. The Morgan fingerprint density at radius 2 is 2.16 bits per heavy atom. The Balaban J connectivity index is 1.83. The van der Waals surface area contributed by atoms with Gasteiger partial charge in [-0.1, -0.05) is 19.9 Å². The number of aliphatic hydroxyl groups excluding tert-OH is 1. The van der Waals surface area contributed by atoms with Crippen molar-refractivity contribution in [3.05, 3.63) is 29.3 Å². The van der Waals surface area contributed by atoms with E-state index in [4.69, 9.17) is 9.47 Å². The summed E-state index contributed by atoms with van der Waals surface area (Å²) in [4.78, 5) is 0. The van der Waals surface area contributed by atoms with Crippen molar-refractivity contribution in [2.24, 2.45) is 5.92 Å². The highest BCUT2D eigenvalue weighted by molar-refractivity contribution is 5.38. The maximum atomic E-state index is 9.98. The Labute approximate surface area is 115 Å². The van der Waals surface area contributed by atoms with E-state index < -0.39 is 0 Å². The van der Waals surface area contributed by atoms with Gasteiger partial charge in [-0.05, 0) is 48.4 Å². The number of ether oxygens (including phenoxy) is 2. The molecular formula is C16H24O3. The molecule has 0 amide bonds. The zero-order valence-electron chi connectivity index (χ0n) is 11.9. The first-order chi connectivity index (χ1) is 9.16. The second-order valence-electron chi connectivity index (χ2n) is 5.59. The summed E-state index contributed by atoms with van der Waals surface area (Å²) in [6.07, 6.45) is 2.65. The minimum absolute atomic E-state index is 0.329. The van der Waals surface area contributed by atoms with Gasteiger partial charge in [0.2, 0.25) is 0 Å². The molecule has 1 aliphatic rings. The fourth-order valence-corrected chi connectivity index (χ4v) is 2.38. The summed E-state index contributed by atoms with van der Waals surface area (Å²) in [6, 6.07) is 6.03. The Bertz CT molecular complexity index is 401. The van der Waals surface area contributed by atoms with Gasteiger partial charge in [0, 0.05) is 6.61 Å². The average Bonchev–Trinajstić information content (AvgIpc) is 2.39. The molecule has 1 N–H and O–H groups in total. The molecule has 0 spiro atoms. The molecule has 106 valence electrons. The van der Waals surface area contributed by atoms with Crippen molar-refractivity contribution >= 4 is 0 Å². The van der Waals surface area contributed by atoms with Crippen LogP contribution < -0.4 is 4.74 Å². The van der Waals surface area contributed by atoms with Crippen LogP contribution in [0.4, 0.5) is 0 Å². The van der Waals surface area contributed by atoms with Gasteiger partial charge in [0.15, 0.2) is 0 Å². The molecule has 0 radical (unpaired) electrons. The third kappa shape index (κ3) is 4.22. The average molecular weight is 264 g/mol. The van der Waals surface area contributed by atoms with E-state index in [9.17, 15) is 5.11 Å². The molecule has 1 atom stereocenters. The van der Waals surface area contributed by atoms with Crippen LogP contribution in [-0.4, -0.2) is 24.9 Å². The summed E-state index contributed by atoms with van der Waals surface area (Å²) < 4.78 is 11.1. The van der Waals surface area contributed by atoms with E-state index in [2.05, 4.69) is 19.9 Å². The molecule has 0 fully saturated rings. The summed E-state index contributed by atoms with van der Waals surface area (Å²) in [5.41, 5.74) is 2.29. The molecule has 0 saturated heterocycles. The van der Waals surface area contributed by atoms with Gasteiger partial charge in [-0.2, -0.15) is 0 Å². The second kappa shape index (κ2) is 6.92. The molecule has 1 aliphatic carbocycles. The summed E-state index contributed by atoms with van der Waals surface area (Å²) in [7, 11) is 0. The number of hydrogen-bond acceptors (Lipinski definition) is 3. The number of aliphatic hydroxyl groups is 1. The van der Waals surface area contributed by atoms with Gasteiger partial charge in [0.05, 0.1) is 12.7 Å². The first-order valence-corrected chi connectivity index (χ1v) is 7.18. The van der Waals surface area contributed by atoms with Gasteiger partial charge in [0.25, 0.3) is 0 Å². The Morgan fingerprint density at radius 3 is 2.95 bits per heavy atom. The lowest BCUT2D eigenvalue weighted by Crippen LogP contribution is -2.12. The molecule has 3 heteroatoms. The van der Waals surface area contributed by atoms with Gasteiger partial charge in [-0.25, -0.2) is 0 Å². The van der Waals surface area contributed by atoms with Crippen molar-refractivity contribution < 1.29 is 14.6 Å². The van der Waals surface area contributed by atoms with Crippen LogP contribution in [0.25, 0.3) is 0 Å². The molecule has 0 heterocycles. The van der Waals surface area contributed by atoms with Gasteiger partial charge < -0.3 is 14.6 Å². The molecule has 0 saturated carbocycles. The number of benzene rings is 1. The van der Waals surface area contributed by atoms with Crippen LogP contribution in [0.1, 0.15) is 43.9 Å². The third-order valence-electron chi connectivity index (χ3n) is 3.35. The monoisotopic (exact) mass is 264 g/mol. The zero-order chi connectivity index (χ0) is 13.7. The molecule has 2 rings (SSSR count). The van der Waals surface area contributed by atoms with Crippen LogP contribution in [0.2, 0.25) is 0 Å². The molecule has 1 aromatic rings. The highest BCUT2D eigenvalue weighted by Crippen LogP contribution is 2.32. The Hall–Kier alpha value is -1.06. The molecule has 1 aromatic carbocycles. The van der Waals surface area contributed by atoms with E-state index in [1.165, 1.54) is 5.56 Å². The lowest BCUT2D eigenvalue weighted by atomic mass is 9.89. The van der Waals surface area contributed by atoms with Crippen molar-refractivity contribution in [2.45, 2.75) is 39.2 Å². The summed E-state index contributed by atoms with van der Waals surface area (Å²) in [6.45, 7) is 6.20. The molecule has 0 unspecified atom stereocenters. The molecule has 0 aromatic heterocycles. The highest BCUT2D eigenvalue weighted by Gasteiger charge is 2.18. The van der Waals surface area contributed by atoms with Crippen molar-refractivity contribution in [3.8, 4) is 5.75 Å². The van der Waals surface area contributed by atoms with Crippen molar-refractivity contribution in [3.63, 3.8) is 0 Å². The van der Waals surface area contributed by atoms with E-state index in [-0.39, 0.29) is 6.10 Å². The fraction of sp³-hybridized carbons (Fsp3) is 0.625. The first-order valence-electron chi connectivity index (χ1n) is 7.18. The summed E-state index contributed by atoms with van der Waals surface area (Å²) in [5.74, 6) is 1.38. The van der Waals surface area contributed by atoms with E-state index >= 15 is 0 Å². The Kier molecular flexibility index (Phi) is 5.23. The lowest BCUT2D eigenvalue weighted by molar-refractivity contribution is 0.0817. The minimum Gasteiger partial charge on any atom is -0.491 e. The van der Waals surface area contributed by atoms with Crippen LogP contribution >= 0.6 is 0 Å². The number of fused-ring (bicyclic) bond motifs is 1. The van der Waals surface area contributed by atoms with Crippen LogP contribution in [0.15, 0.2) is 18.2 Å².